The second-order valence-electron chi connectivity index (χ2n) is 10.4. The van der Waals surface area contributed by atoms with Crippen LogP contribution in [0.2, 0.25) is 0 Å². The molecule has 0 aliphatic carbocycles. The molecule has 2 N–H and O–H groups in total. The second kappa shape index (κ2) is 15.0. The minimum Gasteiger partial charge on any atom is -0.505 e. The maximum absolute atomic E-state index is 11.2. The van der Waals surface area contributed by atoms with Gasteiger partial charge in [0.2, 0.25) is 11.9 Å². The van der Waals surface area contributed by atoms with Crippen LogP contribution in [0.1, 0.15) is 22.8 Å². The molecule has 0 saturated heterocycles. The van der Waals surface area contributed by atoms with Gasteiger partial charge in [0.15, 0.2) is 5.69 Å². The van der Waals surface area contributed by atoms with Crippen molar-refractivity contribution in [3.05, 3.63) is 137 Å². The summed E-state index contributed by atoms with van der Waals surface area (Å²) in [4.78, 5) is 47.2. The summed E-state index contributed by atoms with van der Waals surface area (Å²) in [5.74, 6) is -0.505. The van der Waals surface area contributed by atoms with Crippen LogP contribution < -0.4 is 9.80 Å². The number of rotatable bonds is 13. The van der Waals surface area contributed by atoms with Gasteiger partial charge in [-0.3, -0.25) is 19.9 Å². The van der Waals surface area contributed by atoms with E-state index in [1.807, 2.05) is 82.6 Å². The zero-order valence-corrected chi connectivity index (χ0v) is 25.4. The molecule has 6 rings (SSSR count). The van der Waals surface area contributed by atoms with Crippen molar-refractivity contribution in [1.82, 2.24) is 34.9 Å². The number of nitroso groups, excluding NO2 is 1. The molecule has 0 aliphatic heterocycles. The van der Waals surface area contributed by atoms with Crippen molar-refractivity contribution in [2.45, 2.75) is 26.2 Å². The quantitative estimate of drug-likeness (QED) is 0.109. The first-order valence-electron chi connectivity index (χ1n) is 14.7. The molecule has 0 fully saturated rings. The first-order valence-corrected chi connectivity index (χ1v) is 14.7. The van der Waals surface area contributed by atoms with E-state index in [1.165, 1.54) is 0 Å². The number of hydrogen-bond acceptors (Lipinski definition) is 15. The van der Waals surface area contributed by atoms with Gasteiger partial charge >= 0.3 is 0 Å². The van der Waals surface area contributed by atoms with Crippen molar-refractivity contribution in [2.24, 2.45) is 15.4 Å². The van der Waals surface area contributed by atoms with E-state index in [0.29, 0.717) is 26.2 Å². The molecular formula is C33H28N12O3. The normalized spacial score (nSPS) is 11.0. The molecule has 238 valence electrons. The predicted molar refractivity (Wildman–Crippen MR) is 176 cm³/mol. The van der Waals surface area contributed by atoms with Crippen LogP contribution in [0.4, 0.5) is 29.2 Å². The number of phenolic OH excluding ortho intramolecular Hbond substituents is 2. The van der Waals surface area contributed by atoms with E-state index in [-0.39, 0.29) is 29.2 Å². The summed E-state index contributed by atoms with van der Waals surface area (Å²) in [6.45, 7) is 1.30. The number of nitrogens with zero attached hydrogens (tertiary/aromatic N) is 12. The Kier molecular flexibility index (Phi) is 9.76. The number of hydrogen-bond donors (Lipinski definition) is 2. The number of azo groups is 1. The average molecular weight is 641 g/mol. The third kappa shape index (κ3) is 8.08. The summed E-state index contributed by atoms with van der Waals surface area (Å²) >= 11 is 0. The van der Waals surface area contributed by atoms with Crippen molar-refractivity contribution in [1.29, 1.82) is 0 Å². The Morgan fingerprint density at radius 1 is 0.521 bits per heavy atom. The molecule has 0 aliphatic rings. The maximum Gasteiger partial charge on any atom is 0.275 e. The van der Waals surface area contributed by atoms with Crippen LogP contribution in [0, 0.1) is 4.91 Å². The molecule has 15 nitrogen and oxygen atoms in total. The first kappa shape index (κ1) is 31.2. The largest absolute Gasteiger partial charge is 0.505 e. The summed E-state index contributed by atoms with van der Waals surface area (Å²) in [5, 5.41) is 31.3. The summed E-state index contributed by atoms with van der Waals surface area (Å²) in [6.07, 6.45) is 6.84. The Balaban J connectivity index is 1.47. The Morgan fingerprint density at radius 2 is 0.938 bits per heavy atom. The zero-order valence-electron chi connectivity index (χ0n) is 25.4. The standard InChI is InChI=1S/C33H28N12O3/c46-29-18-30(47)28(43-48)17-27(29)41-42-31-38-32(44(19-23-9-1-5-13-34-23)20-24-10-2-6-14-35-24)40-33(39-31)45(21-25-11-3-7-15-36-25)22-26-12-4-8-16-37-26/h1-18,46-47H,19-22H2/b42-41+. The average Bonchev–Trinajstić information content (AvgIpc) is 3.12. The number of aromatic hydroxyl groups is 2. The van der Waals surface area contributed by atoms with Gasteiger partial charge in [-0.25, -0.2) is 0 Å². The highest BCUT2D eigenvalue weighted by Crippen LogP contribution is 2.39. The molecule has 0 atom stereocenters. The van der Waals surface area contributed by atoms with Crippen molar-refractivity contribution in [3.63, 3.8) is 0 Å². The van der Waals surface area contributed by atoms with E-state index in [0.717, 1.165) is 34.9 Å². The van der Waals surface area contributed by atoms with Crippen LogP contribution in [0.25, 0.3) is 0 Å². The van der Waals surface area contributed by atoms with Gasteiger partial charge < -0.3 is 20.0 Å². The van der Waals surface area contributed by atoms with Crippen molar-refractivity contribution < 1.29 is 10.2 Å². The fourth-order valence-corrected chi connectivity index (χ4v) is 4.62. The Hall–Kier alpha value is -6.77. The van der Waals surface area contributed by atoms with Gasteiger partial charge in [-0.05, 0) is 53.7 Å². The van der Waals surface area contributed by atoms with E-state index in [1.54, 1.807) is 24.8 Å². The van der Waals surface area contributed by atoms with E-state index >= 15 is 0 Å². The molecule has 5 aromatic heterocycles. The first-order chi connectivity index (χ1) is 23.5. The molecular weight excluding hydrogens is 612 g/mol. The Labute approximate surface area is 274 Å². The highest BCUT2D eigenvalue weighted by molar-refractivity contribution is 5.65. The van der Waals surface area contributed by atoms with E-state index in [2.05, 4.69) is 45.3 Å². The Bertz CT molecular complexity index is 1800. The molecule has 0 spiro atoms. The van der Waals surface area contributed by atoms with E-state index in [9.17, 15) is 15.1 Å². The van der Waals surface area contributed by atoms with Crippen molar-refractivity contribution in [3.8, 4) is 11.5 Å². The molecule has 6 aromatic rings. The lowest BCUT2D eigenvalue weighted by atomic mass is 10.2. The van der Waals surface area contributed by atoms with Crippen LogP contribution >= 0.6 is 0 Å². The fourth-order valence-electron chi connectivity index (χ4n) is 4.62. The monoisotopic (exact) mass is 640 g/mol. The van der Waals surface area contributed by atoms with Gasteiger partial charge in [0.1, 0.15) is 17.2 Å². The third-order valence-electron chi connectivity index (χ3n) is 6.90. The van der Waals surface area contributed by atoms with Gasteiger partial charge in [-0.15, -0.1) is 15.1 Å². The summed E-state index contributed by atoms with van der Waals surface area (Å²) in [7, 11) is 0. The van der Waals surface area contributed by atoms with Crippen LogP contribution in [-0.2, 0) is 26.2 Å². The maximum atomic E-state index is 11.2. The molecule has 5 heterocycles. The minimum atomic E-state index is -0.495. The number of anilines is 2. The smallest absolute Gasteiger partial charge is 0.275 e. The van der Waals surface area contributed by atoms with Crippen LogP contribution in [-0.4, -0.2) is 45.1 Å². The predicted octanol–water partition coefficient (Wildman–Crippen LogP) is 6.09. The highest BCUT2D eigenvalue weighted by atomic mass is 16.3. The van der Waals surface area contributed by atoms with Gasteiger partial charge in [0, 0.05) is 36.9 Å². The number of phenols is 2. The molecule has 15 heteroatoms. The van der Waals surface area contributed by atoms with Crippen molar-refractivity contribution >= 4 is 29.2 Å². The SMILES string of the molecule is O=Nc1cc(/N=N/c2nc(N(Cc3ccccn3)Cc3ccccn3)nc(N(Cc3ccccn3)Cc3ccccn3)n2)c(O)cc1O. The van der Waals surface area contributed by atoms with E-state index < -0.39 is 11.5 Å². The molecule has 1 aromatic carbocycles. The van der Waals surface area contributed by atoms with Crippen LogP contribution in [0.15, 0.2) is 125 Å². The lowest BCUT2D eigenvalue weighted by molar-refractivity contribution is 0.452. The van der Waals surface area contributed by atoms with Gasteiger partial charge in [0.05, 0.1) is 49.0 Å². The van der Waals surface area contributed by atoms with Gasteiger partial charge in [-0.1, -0.05) is 24.3 Å². The summed E-state index contributed by atoms with van der Waals surface area (Å²) < 4.78 is 0. The van der Waals surface area contributed by atoms with Gasteiger partial charge in [-0.2, -0.15) is 15.0 Å². The number of aromatic nitrogens is 7. The third-order valence-corrected chi connectivity index (χ3v) is 6.90. The number of pyridine rings is 4. The lowest BCUT2D eigenvalue weighted by Gasteiger charge is -2.26. The lowest BCUT2D eigenvalue weighted by Crippen LogP contribution is -2.29. The molecule has 0 saturated carbocycles. The Morgan fingerprint density at radius 3 is 1.31 bits per heavy atom. The fraction of sp³-hybridized carbons (Fsp3) is 0.121. The van der Waals surface area contributed by atoms with Crippen molar-refractivity contribution in [2.75, 3.05) is 9.80 Å². The van der Waals surface area contributed by atoms with Crippen LogP contribution in [0.5, 0.6) is 11.5 Å². The molecule has 48 heavy (non-hydrogen) atoms. The molecule has 0 unspecified atom stereocenters. The summed E-state index contributed by atoms with van der Waals surface area (Å²) in [5.41, 5.74) is 2.62. The zero-order chi connectivity index (χ0) is 33.1. The summed E-state index contributed by atoms with van der Waals surface area (Å²) in [6, 6.07) is 24.6. The topological polar surface area (TPSA) is 191 Å². The molecule has 0 amide bonds. The second-order valence-corrected chi connectivity index (χ2v) is 10.4. The minimum absolute atomic E-state index is 0.0952. The molecule has 0 bridgehead atoms. The highest BCUT2D eigenvalue weighted by Gasteiger charge is 2.21. The number of benzene rings is 1. The van der Waals surface area contributed by atoms with E-state index in [4.69, 9.17) is 4.98 Å². The van der Waals surface area contributed by atoms with Gasteiger partial charge in [0.25, 0.3) is 5.95 Å². The molecule has 0 radical (unpaired) electrons. The van der Waals surface area contributed by atoms with Crippen LogP contribution in [0.3, 0.4) is 0 Å².